The lowest BCUT2D eigenvalue weighted by molar-refractivity contribution is 0.0583. The average molecular weight is 481 g/mol. The molecule has 6 rings (SSSR count). The molecule has 0 amide bonds. The molecule has 5 unspecified atom stereocenters. The lowest BCUT2D eigenvalue weighted by atomic mass is 9.73. The molecule has 2 aliphatic carbocycles. The number of hydrogen-bond donors (Lipinski definition) is 2. The van der Waals surface area contributed by atoms with Gasteiger partial charge in [-0.3, -0.25) is 4.90 Å². The predicted octanol–water partition coefficient (Wildman–Crippen LogP) is 5.10. The predicted molar refractivity (Wildman–Crippen MR) is 126 cm³/mol. The third kappa shape index (κ3) is 3.42. The van der Waals surface area contributed by atoms with E-state index < -0.39 is 0 Å². The van der Waals surface area contributed by atoms with Crippen molar-refractivity contribution in [2.75, 3.05) is 20.2 Å². The number of ether oxygens (including phenoxy) is 1. The second kappa shape index (κ2) is 7.65. The fourth-order valence-electron chi connectivity index (χ4n) is 6.20. The first-order valence-electron chi connectivity index (χ1n) is 11.5. The highest BCUT2D eigenvalue weighted by atomic mass is 79.9. The second-order valence-electron chi connectivity index (χ2n) is 9.64. The molecule has 4 nitrogen and oxygen atoms in total. The van der Waals surface area contributed by atoms with Crippen molar-refractivity contribution in [2.45, 2.75) is 37.8 Å². The Hall–Kier alpha value is -1.82. The van der Waals surface area contributed by atoms with Crippen LogP contribution >= 0.6 is 15.9 Å². The van der Waals surface area contributed by atoms with Crippen LogP contribution in [0.15, 0.2) is 46.9 Å². The van der Waals surface area contributed by atoms with E-state index in [2.05, 4.69) is 62.2 Å². The number of aliphatic hydroxyl groups is 1. The minimum absolute atomic E-state index is 0.170. The summed E-state index contributed by atoms with van der Waals surface area (Å²) in [4.78, 5) is 6.36. The van der Waals surface area contributed by atoms with Crippen molar-refractivity contribution in [3.63, 3.8) is 0 Å². The molecule has 0 radical (unpaired) electrons. The molecular formula is C26H29BrN2O2. The fraction of sp³-hybridized carbons (Fsp3) is 0.462. The lowest BCUT2D eigenvalue weighted by Gasteiger charge is -2.44. The summed E-state index contributed by atoms with van der Waals surface area (Å²) in [5.41, 5.74) is 5.49. The molecule has 2 heterocycles. The molecule has 162 valence electrons. The third-order valence-corrected chi connectivity index (χ3v) is 8.52. The second-order valence-corrected chi connectivity index (χ2v) is 10.5. The van der Waals surface area contributed by atoms with Gasteiger partial charge in [0.15, 0.2) is 0 Å². The number of nitrogens with zero attached hydrogens (tertiary/aromatic N) is 1. The van der Waals surface area contributed by atoms with Gasteiger partial charge in [0.1, 0.15) is 5.75 Å². The number of fused-ring (bicyclic) bond motifs is 4. The number of aromatic nitrogens is 1. The van der Waals surface area contributed by atoms with Gasteiger partial charge in [-0.2, -0.15) is 0 Å². The number of methoxy groups -OCH3 is 1. The van der Waals surface area contributed by atoms with Crippen LogP contribution in [-0.4, -0.2) is 41.3 Å². The van der Waals surface area contributed by atoms with Gasteiger partial charge in [-0.05, 0) is 79.5 Å². The highest BCUT2D eigenvalue weighted by Gasteiger charge is 2.47. The van der Waals surface area contributed by atoms with E-state index in [9.17, 15) is 5.11 Å². The first-order valence-corrected chi connectivity index (χ1v) is 12.3. The van der Waals surface area contributed by atoms with E-state index in [-0.39, 0.29) is 12.1 Å². The van der Waals surface area contributed by atoms with E-state index in [1.165, 1.54) is 38.6 Å². The molecule has 3 aromatic rings. The first kappa shape index (κ1) is 19.8. The van der Waals surface area contributed by atoms with E-state index >= 15 is 0 Å². The number of aromatic amines is 1. The first-order chi connectivity index (χ1) is 15.1. The van der Waals surface area contributed by atoms with Crippen LogP contribution in [0.3, 0.4) is 0 Å². The number of hydrogen-bond acceptors (Lipinski definition) is 3. The number of halogens is 1. The van der Waals surface area contributed by atoms with E-state index in [0.717, 1.165) is 44.0 Å². The van der Waals surface area contributed by atoms with Gasteiger partial charge in [-0.1, -0.05) is 34.1 Å². The SMILES string of the molecule is COc1cccc(C(C2CC2O)N2CCC3Cc4[nH]c5cccc(Br)c5c4CC3C2)c1. The smallest absolute Gasteiger partial charge is 0.119 e. The van der Waals surface area contributed by atoms with Gasteiger partial charge in [0.2, 0.25) is 0 Å². The number of nitrogens with one attached hydrogen (secondary N) is 1. The van der Waals surface area contributed by atoms with Gasteiger partial charge in [0, 0.05) is 39.6 Å². The Kier molecular flexibility index (Phi) is 4.89. The summed E-state index contributed by atoms with van der Waals surface area (Å²) in [6.45, 7) is 2.21. The number of rotatable bonds is 4. The molecule has 2 N–H and O–H groups in total. The monoisotopic (exact) mass is 480 g/mol. The van der Waals surface area contributed by atoms with Crippen LogP contribution < -0.4 is 4.74 Å². The zero-order valence-electron chi connectivity index (χ0n) is 17.9. The molecule has 5 heteroatoms. The van der Waals surface area contributed by atoms with E-state index in [0.29, 0.717) is 11.8 Å². The van der Waals surface area contributed by atoms with Crippen LogP contribution in [0.25, 0.3) is 10.9 Å². The van der Waals surface area contributed by atoms with Crippen LogP contribution in [-0.2, 0) is 12.8 Å². The molecule has 2 aromatic carbocycles. The van der Waals surface area contributed by atoms with Crippen molar-refractivity contribution in [2.24, 2.45) is 17.8 Å². The normalized spacial score (nSPS) is 28.7. The van der Waals surface area contributed by atoms with Crippen LogP contribution in [0.4, 0.5) is 0 Å². The van der Waals surface area contributed by atoms with E-state index in [1.54, 1.807) is 7.11 Å². The minimum atomic E-state index is -0.170. The van der Waals surface area contributed by atoms with Crippen molar-refractivity contribution in [3.05, 3.63) is 63.8 Å². The molecule has 1 saturated heterocycles. The Morgan fingerprint density at radius 1 is 1.16 bits per heavy atom. The van der Waals surface area contributed by atoms with Crippen LogP contribution in [0.1, 0.15) is 35.7 Å². The van der Waals surface area contributed by atoms with Gasteiger partial charge >= 0.3 is 0 Å². The molecule has 31 heavy (non-hydrogen) atoms. The highest BCUT2D eigenvalue weighted by molar-refractivity contribution is 9.10. The van der Waals surface area contributed by atoms with Crippen molar-refractivity contribution in [1.29, 1.82) is 0 Å². The van der Waals surface area contributed by atoms with Crippen LogP contribution in [0.5, 0.6) is 5.75 Å². The summed E-state index contributed by atoms with van der Waals surface area (Å²) >= 11 is 3.79. The van der Waals surface area contributed by atoms with Gasteiger partial charge in [0.25, 0.3) is 0 Å². The Labute approximate surface area is 191 Å². The van der Waals surface area contributed by atoms with Gasteiger partial charge < -0.3 is 14.8 Å². The average Bonchev–Trinajstić information content (AvgIpc) is 3.37. The molecule has 0 spiro atoms. The number of benzene rings is 2. The highest BCUT2D eigenvalue weighted by Crippen LogP contribution is 2.48. The van der Waals surface area contributed by atoms with Crippen LogP contribution in [0.2, 0.25) is 0 Å². The zero-order valence-corrected chi connectivity index (χ0v) is 19.4. The van der Waals surface area contributed by atoms with Crippen molar-refractivity contribution in [1.82, 2.24) is 9.88 Å². The van der Waals surface area contributed by atoms with Gasteiger partial charge in [-0.15, -0.1) is 0 Å². The van der Waals surface area contributed by atoms with Crippen molar-refractivity contribution < 1.29 is 9.84 Å². The summed E-state index contributed by atoms with van der Waals surface area (Å²) in [5, 5.41) is 11.7. The Bertz CT molecular complexity index is 1130. The zero-order chi connectivity index (χ0) is 21.1. The maximum absolute atomic E-state index is 10.3. The summed E-state index contributed by atoms with van der Waals surface area (Å²) in [6, 6.07) is 15.2. The van der Waals surface area contributed by atoms with Gasteiger partial charge in [-0.25, -0.2) is 0 Å². The summed E-state index contributed by atoms with van der Waals surface area (Å²) < 4.78 is 6.70. The molecule has 1 aliphatic heterocycles. The van der Waals surface area contributed by atoms with Gasteiger partial charge in [0.05, 0.1) is 13.2 Å². The quantitative estimate of drug-likeness (QED) is 0.546. The fourth-order valence-corrected chi connectivity index (χ4v) is 6.81. The molecule has 2 fully saturated rings. The minimum Gasteiger partial charge on any atom is -0.497 e. The van der Waals surface area contributed by atoms with Crippen LogP contribution in [0, 0.1) is 17.8 Å². The Balaban J connectivity index is 1.30. The molecule has 1 aromatic heterocycles. The Morgan fingerprint density at radius 3 is 2.81 bits per heavy atom. The number of aliphatic hydroxyl groups excluding tert-OH is 1. The Morgan fingerprint density at radius 2 is 2.00 bits per heavy atom. The maximum atomic E-state index is 10.3. The van der Waals surface area contributed by atoms with E-state index in [1.807, 2.05) is 6.07 Å². The standard InChI is InChI=1S/C26H29BrN2O2/c1-31-18-5-2-4-16(10-18)26(20-13-24(20)30)29-9-8-15-12-23-19(11-17(15)14-29)25-21(27)6-3-7-22(25)28-23/h2-7,10,15,17,20,24,26,28,30H,8-9,11-14H2,1H3. The topological polar surface area (TPSA) is 48.5 Å². The van der Waals surface area contributed by atoms with Crippen molar-refractivity contribution in [3.8, 4) is 5.75 Å². The number of H-pyrrole nitrogens is 1. The van der Waals surface area contributed by atoms with Crippen molar-refractivity contribution >= 4 is 26.8 Å². The number of piperidine rings is 1. The maximum Gasteiger partial charge on any atom is 0.119 e. The molecule has 0 bridgehead atoms. The number of likely N-dealkylation sites (tertiary alicyclic amines) is 1. The molecular weight excluding hydrogens is 452 g/mol. The summed E-state index contributed by atoms with van der Waals surface area (Å²) in [5.74, 6) is 2.64. The van der Waals surface area contributed by atoms with E-state index in [4.69, 9.17) is 4.74 Å². The third-order valence-electron chi connectivity index (χ3n) is 7.86. The molecule has 5 atom stereocenters. The lowest BCUT2D eigenvalue weighted by Crippen LogP contribution is -2.46. The molecule has 1 saturated carbocycles. The summed E-state index contributed by atoms with van der Waals surface area (Å²) in [6.07, 6.45) is 4.26. The molecule has 3 aliphatic rings. The summed E-state index contributed by atoms with van der Waals surface area (Å²) in [7, 11) is 1.73. The largest absolute Gasteiger partial charge is 0.497 e.